The molecule has 0 bridgehead atoms. The molecule has 1 fully saturated rings. The van der Waals surface area contributed by atoms with E-state index in [1.54, 1.807) is 46.1 Å². The van der Waals surface area contributed by atoms with Crippen LogP contribution in [0, 0.1) is 0 Å². The molecule has 0 spiro atoms. The summed E-state index contributed by atoms with van der Waals surface area (Å²) in [5.41, 5.74) is 1.08. The lowest BCUT2D eigenvalue weighted by atomic mass is 10.2. The van der Waals surface area contributed by atoms with Crippen LogP contribution in [0.4, 0.5) is 11.5 Å². The Morgan fingerprint density at radius 1 is 1.21 bits per heavy atom. The molecule has 0 saturated carbocycles. The summed E-state index contributed by atoms with van der Waals surface area (Å²) in [6, 6.07) is 8.48. The van der Waals surface area contributed by atoms with Crippen LogP contribution in [0.3, 0.4) is 0 Å². The number of rotatable bonds is 7. The molecule has 154 valence electrons. The van der Waals surface area contributed by atoms with Crippen LogP contribution in [0.15, 0.2) is 36.5 Å². The number of anilines is 2. The predicted molar refractivity (Wildman–Crippen MR) is 109 cm³/mol. The van der Waals surface area contributed by atoms with Crippen molar-refractivity contribution in [1.82, 2.24) is 9.78 Å². The van der Waals surface area contributed by atoms with Gasteiger partial charge in [-0.05, 0) is 51.0 Å². The summed E-state index contributed by atoms with van der Waals surface area (Å²) in [6.45, 7) is 6.25. The van der Waals surface area contributed by atoms with Crippen molar-refractivity contribution < 1.29 is 19.1 Å². The van der Waals surface area contributed by atoms with Crippen molar-refractivity contribution in [3.8, 4) is 0 Å². The van der Waals surface area contributed by atoms with Crippen LogP contribution in [0.2, 0.25) is 0 Å². The van der Waals surface area contributed by atoms with Crippen molar-refractivity contribution >= 4 is 29.3 Å². The van der Waals surface area contributed by atoms with E-state index in [9.17, 15) is 14.4 Å². The molecule has 29 heavy (non-hydrogen) atoms. The third kappa shape index (κ3) is 4.64. The van der Waals surface area contributed by atoms with E-state index in [0.29, 0.717) is 24.3 Å². The minimum absolute atomic E-state index is 0.0854. The second-order valence-electron chi connectivity index (χ2n) is 7.15. The number of esters is 1. The summed E-state index contributed by atoms with van der Waals surface area (Å²) >= 11 is 0. The Balaban J connectivity index is 1.59. The zero-order chi connectivity index (χ0) is 21.0. The third-order valence-corrected chi connectivity index (χ3v) is 5.07. The monoisotopic (exact) mass is 398 g/mol. The van der Waals surface area contributed by atoms with Gasteiger partial charge in [0.1, 0.15) is 5.82 Å². The Bertz CT molecular complexity index is 890. The van der Waals surface area contributed by atoms with Gasteiger partial charge in [0.2, 0.25) is 5.91 Å². The van der Waals surface area contributed by atoms with Crippen molar-refractivity contribution in [2.24, 2.45) is 0 Å². The van der Waals surface area contributed by atoms with Crippen molar-refractivity contribution in [1.29, 1.82) is 0 Å². The van der Waals surface area contributed by atoms with Crippen LogP contribution < -0.4 is 10.2 Å². The quantitative estimate of drug-likeness (QED) is 0.723. The minimum atomic E-state index is -0.970. The first kappa shape index (κ1) is 20.6. The lowest BCUT2D eigenvalue weighted by Gasteiger charge is -2.17. The fourth-order valence-corrected chi connectivity index (χ4v) is 3.15. The summed E-state index contributed by atoms with van der Waals surface area (Å²) in [5, 5.41) is 6.97. The molecule has 2 amide bonds. The number of nitrogens with zero attached hydrogens (tertiary/aromatic N) is 3. The molecule has 0 radical (unpaired) electrons. The zero-order valence-corrected chi connectivity index (χ0v) is 16.9. The summed E-state index contributed by atoms with van der Waals surface area (Å²) in [6.07, 6.45) is 2.90. The molecule has 1 aliphatic rings. The Labute approximate surface area is 169 Å². The van der Waals surface area contributed by atoms with Gasteiger partial charge in [0, 0.05) is 24.7 Å². The lowest BCUT2D eigenvalue weighted by Crippen LogP contribution is -2.31. The van der Waals surface area contributed by atoms with Gasteiger partial charge in [-0.1, -0.05) is 6.92 Å². The number of hydrogen-bond donors (Lipinski definition) is 1. The van der Waals surface area contributed by atoms with E-state index in [-0.39, 0.29) is 11.9 Å². The maximum Gasteiger partial charge on any atom is 0.338 e. The van der Waals surface area contributed by atoms with Gasteiger partial charge in [-0.2, -0.15) is 5.10 Å². The average molecular weight is 398 g/mol. The largest absolute Gasteiger partial charge is 0.449 e. The molecule has 0 unspecified atom stereocenters. The highest BCUT2D eigenvalue weighted by Gasteiger charge is 2.23. The molecular formula is C21H26N4O4. The number of aromatic nitrogens is 2. The molecule has 3 rings (SSSR count). The van der Waals surface area contributed by atoms with Crippen LogP contribution in [-0.2, 0) is 14.3 Å². The fourth-order valence-electron chi connectivity index (χ4n) is 3.15. The highest BCUT2D eigenvalue weighted by molar-refractivity contribution is 5.98. The Hall–Kier alpha value is -3.16. The maximum absolute atomic E-state index is 12.4. The molecule has 2 atom stereocenters. The van der Waals surface area contributed by atoms with E-state index >= 15 is 0 Å². The number of amides is 2. The van der Waals surface area contributed by atoms with Crippen LogP contribution in [0.1, 0.15) is 56.4 Å². The highest BCUT2D eigenvalue weighted by atomic mass is 16.5. The molecular weight excluding hydrogens is 372 g/mol. The molecule has 8 nitrogen and oxygen atoms in total. The molecule has 1 N–H and O–H groups in total. The predicted octanol–water partition coefficient (Wildman–Crippen LogP) is 3.16. The Morgan fingerprint density at radius 2 is 1.93 bits per heavy atom. The van der Waals surface area contributed by atoms with E-state index in [1.807, 2.05) is 13.8 Å². The van der Waals surface area contributed by atoms with Crippen LogP contribution >= 0.6 is 0 Å². The SMILES string of the molecule is CC[C@@H](C)n1nccc1NC(=O)[C@@H](C)OC(=O)c1ccc(N2CCCC2=O)cc1. The summed E-state index contributed by atoms with van der Waals surface area (Å²) in [7, 11) is 0. The third-order valence-electron chi connectivity index (χ3n) is 5.07. The molecule has 0 aliphatic carbocycles. The first-order valence-electron chi connectivity index (χ1n) is 9.86. The molecule has 2 aromatic rings. The van der Waals surface area contributed by atoms with Gasteiger partial charge < -0.3 is 15.0 Å². The van der Waals surface area contributed by atoms with Gasteiger partial charge in [0.05, 0.1) is 17.8 Å². The smallest absolute Gasteiger partial charge is 0.338 e. The van der Waals surface area contributed by atoms with Gasteiger partial charge >= 0.3 is 5.97 Å². The number of hydrogen-bond acceptors (Lipinski definition) is 5. The fraction of sp³-hybridized carbons (Fsp3) is 0.429. The number of benzene rings is 1. The van der Waals surface area contributed by atoms with Crippen molar-refractivity contribution in [3.05, 3.63) is 42.1 Å². The van der Waals surface area contributed by atoms with Crippen molar-refractivity contribution in [2.45, 2.75) is 52.2 Å². The van der Waals surface area contributed by atoms with Crippen LogP contribution in [0.25, 0.3) is 0 Å². The highest BCUT2D eigenvalue weighted by Crippen LogP contribution is 2.22. The van der Waals surface area contributed by atoms with Crippen molar-refractivity contribution in [3.63, 3.8) is 0 Å². The van der Waals surface area contributed by atoms with Gasteiger partial charge in [0.15, 0.2) is 6.10 Å². The lowest BCUT2D eigenvalue weighted by molar-refractivity contribution is -0.123. The molecule has 2 heterocycles. The van der Waals surface area contributed by atoms with Crippen LogP contribution in [0.5, 0.6) is 0 Å². The second-order valence-corrected chi connectivity index (χ2v) is 7.15. The molecule has 1 saturated heterocycles. The first-order chi connectivity index (χ1) is 13.9. The minimum Gasteiger partial charge on any atom is -0.449 e. The molecule has 1 aliphatic heterocycles. The van der Waals surface area contributed by atoms with E-state index in [0.717, 1.165) is 18.5 Å². The van der Waals surface area contributed by atoms with E-state index in [4.69, 9.17) is 4.74 Å². The van der Waals surface area contributed by atoms with Gasteiger partial charge in [-0.15, -0.1) is 0 Å². The van der Waals surface area contributed by atoms with E-state index in [2.05, 4.69) is 10.4 Å². The second kappa shape index (κ2) is 8.89. The maximum atomic E-state index is 12.4. The summed E-state index contributed by atoms with van der Waals surface area (Å²) in [4.78, 5) is 38.3. The summed E-state index contributed by atoms with van der Waals surface area (Å²) < 4.78 is 7.03. The first-order valence-corrected chi connectivity index (χ1v) is 9.86. The topological polar surface area (TPSA) is 93.5 Å². The van der Waals surface area contributed by atoms with Gasteiger partial charge in [-0.25, -0.2) is 9.48 Å². The van der Waals surface area contributed by atoms with Crippen molar-refractivity contribution in [2.75, 3.05) is 16.8 Å². The zero-order valence-electron chi connectivity index (χ0n) is 16.9. The normalized spacial score (nSPS) is 15.8. The number of nitrogens with one attached hydrogen (secondary N) is 1. The Morgan fingerprint density at radius 3 is 2.55 bits per heavy atom. The van der Waals surface area contributed by atoms with Gasteiger partial charge in [-0.3, -0.25) is 9.59 Å². The standard InChI is InChI=1S/C21H26N4O4/c1-4-14(2)25-18(11-12-22-25)23-20(27)15(3)29-21(28)16-7-9-17(10-8-16)24-13-5-6-19(24)26/h7-12,14-15H,4-6,13H2,1-3H3,(H,23,27)/t14-,15-/m1/s1. The number of ether oxygens (including phenoxy) is 1. The molecule has 8 heteroatoms. The van der Waals surface area contributed by atoms with E-state index < -0.39 is 18.0 Å². The van der Waals surface area contributed by atoms with Gasteiger partial charge in [0.25, 0.3) is 5.91 Å². The Kier molecular flexibility index (Phi) is 6.31. The summed E-state index contributed by atoms with van der Waals surface area (Å²) in [5.74, 6) is -0.376. The van der Waals surface area contributed by atoms with Crippen LogP contribution in [-0.4, -0.2) is 40.2 Å². The van der Waals surface area contributed by atoms with E-state index in [1.165, 1.54) is 6.92 Å². The molecule has 1 aromatic heterocycles. The average Bonchev–Trinajstić information content (AvgIpc) is 3.36. The number of carbonyl (C=O) groups is 3. The number of carbonyl (C=O) groups excluding carboxylic acids is 3. The molecule has 1 aromatic carbocycles.